The summed E-state index contributed by atoms with van der Waals surface area (Å²) < 4.78 is 2.14. The molecule has 0 unspecified atom stereocenters. The van der Waals surface area contributed by atoms with Gasteiger partial charge in [0, 0.05) is 29.3 Å². The molecule has 0 bridgehead atoms. The Kier molecular flexibility index (Phi) is 2.40. The Labute approximate surface area is 98.5 Å². The van der Waals surface area contributed by atoms with Gasteiger partial charge in [-0.3, -0.25) is 4.79 Å². The molecule has 1 aliphatic rings. The Morgan fingerprint density at radius 2 is 2.25 bits per heavy atom. The van der Waals surface area contributed by atoms with Gasteiger partial charge >= 0.3 is 0 Å². The molecule has 0 aliphatic heterocycles. The highest BCUT2D eigenvalue weighted by Gasteiger charge is 2.18. The topological polar surface area (TPSA) is 22.0 Å². The van der Waals surface area contributed by atoms with E-state index in [1.165, 1.54) is 10.4 Å². The summed E-state index contributed by atoms with van der Waals surface area (Å²) in [6.45, 7) is 0.887. The van der Waals surface area contributed by atoms with Gasteiger partial charge in [0.1, 0.15) is 0 Å². The average Bonchev–Trinajstić information content (AvgIpc) is 2.88. The van der Waals surface area contributed by atoms with Crippen LogP contribution in [0.25, 0.3) is 0 Å². The van der Waals surface area contributed by atoms with Gasteiger partial charge in [-0.05, 0) is 29.9 Å². The van der Waals surface area contributed by atoms with E-state index in [1.54, 1.807) is 11.3 Å². The first kappa shape index (κ1) is 9.85. The number of aryl methyl sites for hydroxylation is 1. The Bertz CT molecular complexity index is 510. The van der Waals surface area contributed by atoms with Crippen molar-refractivity contribution in [2.45, 2.75) is 25.8 Å². The molecule has 2 heterocycles. The van der Waals surface area contributed by atoms with E-state index in [9.17, 15) is 4.79 Å². The fraction of sp³-hybridized carbons (Fsp3) is 0.308. The van der Waals surface area contributed by atoms with Crippen molar-refractivity contribution in [2.75, 3.05) is 0 Å². The second-order valence-corrected chi connectivity index (χ2v) is 5.26. The minimum atomic E-state index is 0.311. The Morgan fingerprint density at radius 1 is 1.31 bits per heavy atom. The normalized spacial score (nSPS) is 15.1. The zero-order chi connectivity index (χ0) is 11.0. The van der Waals surface area contributed by atoms with Gasteiger partial charge in [-0.1, -0.05) is 6.07 Å². The zero-order valence-electron chi connectivity index (χ0n) is 8.98. The maximum absolute atomic E-state index is 11.7. The molecule has 2 nitrogen and oxygen atoms in total. The molecule has 0 spiro atoms. The zero-order valence-corrected chi connectivity index (χ0v) is 9.80. The summed E-state index contributed by atoms with van der Waals surface area (Å²) in [5, 5.41) is 2.09. The highest BCUT2D eigenvalue weighted by molar-refractivity contribution is 7.09. The Hall–Kier alpha value is -1.35. The lowest BCUT2D eigenvalue weighted by molar-refractivity contribution is 0.0973. The van der Waals surface area contributed by atoms with Crippen LogP contribution in [0.4, 0.5) is 0 Å². The molecule has 0 saturated carbocycles. The molecule has 0 aromatic carbocycles. The maximum atomic E-state index is 11.7. The molecule has 0 atom stereocenters. The number of nitrogens with zero attached hydrogens (tertiary/aromatic N) is 1. The largest absolute Gasteiger partial charge is 0.348 e. The van der Waals surface area contributed by atoms with Gasteiger partial charge in [0.25, 0.3) is 0 Å². The molecular formula is C13H13NOS. The number of aromatic nitrogens is 1. The van der Waals surface area contributed by atoms with Crippen LogP contribution >= 0.6 is 11.3 Å². The first-order chi connectivity index (χ1) is 7.83. The van der Waals surface area contributed by atoms with Crippen LogP contribution in [0.5, 0.6) is 0 Å². The van der Waals surface area contributed by atoms with E-state index in [2.05, 4.69) is 28.3 Å². The summed E-state index contributed by atoms with van der Waals surface area (Å²) in [6, 6.07) is 4.19. The summed E-state index contributed by atoms with van der Waals surface area (Å²) >= 11 is 1.76. The van der Waals surface area contributed by atoms with Gasteiger partial charge in [-0.15, -0.1) is 11.3 Å². The molecule has 0 radical (unpaired) electrons. The number of hydrogen-bond donors (Lipinski definition) is 0. The van der Waals surface area contributed by atoms with Crippen molar-refractivity contribution in [1.82, 2.24) is 4.57 Å². The standard InChI is InChI=1S/C13H13NOS/c15-13-5-1-3-10-7-14(9-12(10)13)8-11-4-2-6-16-11/h2,4,6-7,9H,1,3,5,8H2. The lowest BCUT2D eigenvalue weighted by atomic mass is 9.95. The molecule has 0 saturated heterocycles. The van der Waals surface area contributed by atoms with Crippen molar-refractivity contribution < 1.29 is 4.79 Å². The number of fused-ring (bicyclic) bond motifs is 1. The minimum Gasteiger partial charge on any atom is -0.348 e. The fourth-order valence-corrected chi connectivity index (χ4v) is 2.97. The third-order valence-electron chi connectivity index (χ3n) is 3.03. The third kappa shape index (κ3) is 1.71. The number of hydrogen-bond acceptors (Lipinski definition) is 2. The quantitative estimate of drug-likeness (QED) is 0.778. The first-order valence-electron chi connectivity index (χ1n) is 5.57. The van der Waals surface area contributed by atoms with E-state index in [4.69, 9.17) is 0 Å². The second kappa shape index (κ2) is 3.91. The summed E-state index contributed by atoms with van der Waals surface area (Å²) in [5.41, 5.74) is 2.18. The van der Waals surface area contributed by atoms with Crippen LogP contribution in [0.2, 0.25) is 0 Å². The van der Waals surface area contributed by atoms with Crippen molar-refractivity contribution in [3.05, 3.63) is 45.9 Å². The molecule has 0 amide bonds. The molecular weight excluding hydrogens is 218 g/mol. The van der Waals surface area contributed by atoms with E-state index in [0.29, 0.717) is 5.78 Å². The predicted molar refractivity (Wildman–Crippen MR) is 65.1 cm³/mol. The Balaban J connectivity index is 1.89. The Morgan fingerprint density at radius 3 is 3.00 bits per heavy atom. The third-order valence-corrected chi connectivity index (χ3v) is 3.89. The summed E-state index contributed by atoms with van der Waals surface area (Å²) in [5.74, 6) is 0.311. The van der Waals surface area contributed by atoms with Crippen molar-refractivity contribution in [1.29, 1.82) is 0 Å². The number of thiophene rings is 1. The molecule has 3 rings (SSSR count). The summed E-state index contributed by atoms with van der Waals surface area (Å²) in [6.07, 6.45) is 6.92. The number of ketones is 1. The molecule has 3 heteroatoms. The smallest absolute Gasteiger partial charge is 0.164 e. The van der Waals surface area contributed by atoms with E-state index in [-0.39, 0.29) is 0 Å². The monoisotopic (exact) mass is 231 g/mol. The lowest BCUT2D eigenvalue weighted by Crippen LogP contribution is -2.07. The van der Waals surface area contributed by atoms with Gasteiger partial charge in [0.05, 0.1) is 6.54 Å². The summed E-state index contributed by atoms with van der Waals surface area (Å²) in [7, 11) is 0. The minimum absolute atomic E-state index is 0.311. The second-order valence-electron chi connectivity index (χ2n) is 4.23. The van der Waals surface area contributed by atoms with E-state index in [1.807, 2.05) is 6.20 Å². The van der Waals surface area contributed by atoms with Gasteiger partial charge in [0.15, 0.2) is 5.78 Å². The first-order valence-corrected chi connectivity index (χ1v) is 6.45. The number of rotatable bonds is 2. The van der Waals surface area contributed by atoms with Crippen LogP contribution in [-0.2, 0) is 13.0 Å². The van der Waals surface area contributed by atoms with Crippen LogP contribution in [0.15, 0.2) is 29.9 Å². The number of carbonyl (C=O) groups is 1. The molecule has 16 heavy (non-hydrogen) atoms. The molecule has 2 aromatic heterocycles. The van der Waals surface area contributed by atoms with Crippen molar-refractivity contribution >= 4 is 17.1 Å². The summed E-state index contributed by atoms with van der Waals surface area (Å²) in [4.78, 5) is 13.0. The molecule has 2 aromatic rings. The van der Waals surface area contributed by atoms with Crippen LogP contribution in [0, 0.1) is 0 Å². The van der Waals surface area contributed by atoms with Crippen LogP contribution in [0.1, 0.15) is 33.6 Å². The maximum Gasteiger partial charge on any atom is 0.164 e. The van der Waals surface area contributed by atoms with Crippen LogP contribution < -0.4 is 0 Å². The van der Waals surface area contributed by atoms with E-state index in [0.717, 1.165) is 31.4 Å². The van der Waals surface area contributed by atoms with Crippen molar-refractivity contribution in [2.24, 2.45) is 0 Å². The fourth-order valence-electron chi connectivity index (χ4n) is 2.25. The lowest BCUT2D eigenvalue weighted by Gasteiger charge is -2.07. The molecule has 1 aliphatic carbocycles. The van der Waals surface area contributed by atoms with Gasteiger partial charge in [-0.2, -0.15) is 0 Å². The average molecular weight is 231 g/mol. The van der Waals surface area contributed by atoms with Gasteiger partial charge < -0.3 is 4.57 Å². The molecule has 0 N–H and O–H groups in total. The number of Topliss-reactive ketones (excluding diaryl/α,β-unsaturated/α-hetero) is 1. The van der Waals surface area contributed by atoms with Gasteiger partial charge in [-0.25, -0.2) is 0 Å². The van der Waals surface area contributed by atoms with Gasteiger partial charge in [0.2, 0.25) is 0 Å². The predicted octanol–water partition coefficient (Wildman–Crippen LogP) is 3.12. The highest BCUT2D eigenvalue weighted by Crippen LogP contribution is 2.23. The molecule has 0 fully saturated rings. The van der Waals surface area contributed by atoms with Crippen LogP contribution in [-0.4, -0.2) is 10.4 Å². The van der Waals surface area contributed by atoms with E-state index < -0.39 is 0 Å². The highest BCUT2D eigenvalue weighted by atomic mass is 32.1. The van der Waals surface area contributed by atoms with Crippen molar-refractivity contribution in [3.8, 4) is 0 Å². The molecule has 82 valence electrons. The van der Waals surface area contributed by atoms with Crippen LogP contribution in [0.3, 0.4) is 0 Å². The van der Waals surface area contributed by atoms with Crippen molar-refractivity contribution in [3.63, 3.8) is 0 Å². The van der Waals surface area contributed by atoms with E-state index >= 15 is 0 Å². The number of carbonyl (C=O) groups excluding carboxylic acids is 1. The SMILES string of the molecule is O=C1CCCc2cn(Cc3cccs3)cc21.